The largest absolute Gasteiger partial charge is 0.404 e. The van der Waals surface area contributed by atoms with Gasteiger partial charge in [-0.15, -0.1) is 0 Å². The van der Waals surface area contributed by atoms with E-state index in [4.69, 9.17) is 22.6 Å². The molecular weight excluding hydrogens is 414 g/mol. The van der Waals surface area contributed by atoms with E-state index in [1.54, 1.807) is 12.3 Å². The second kappa shape index (κ2) is 11.4. The SMILES string of the molecule is CC(C)C(C=N)=CC(N)=NC1=CC=C2NC=C(C(C=NCCCN3CC(N)C3)=CN)C=C2N1. The van der Waals surface area contributed by atoms with E-state index in [2.05, 4.69) is 25.5 Å². The van der Waals surface area contributed by atoms with Crippen LogP contribution in [0, 0.1) is 11.3 Å². The molecule has 0 spiro atoms. The first kappa shape index (κ1) is 24.2. The second-order valence-corrected chi connectivity index (χ2v) is 8.57. The lowest BCUT2D eigenvalue weighted by Crippen LogP contribution is -2.55. The van der Waals surface area contributed by atoms with E-state index >= 15 is 0 Å². The van der Waals surface area contributed by atoms with Gasteiger partial charge in [-0.25, -0.2) is 4.99 Å². The van der Waals surface area contributed by atoms with Crippen LogP contribution in [0.4, 0.5) is 0 Å². The number of rotatable bonds is 10. The third-order valence-corrected chi connectivity index (χ3v) is 5.53. The molecule has 9 N–H and O–H groups in total. The standard InChI is InChI=1S/C24H35N9/c1-16(2)17(10-25)9-23(28)32-24-5-4-21-22(31-24)8-18(13-30-21)19(11-26)12-29-6-3-7-33-14-20(27)15-33/h4-5,8-13,16,20,25,30-31H,3,6-7,14-15,26-27H2,1-2H3,(H2,28,32). The number of allylic oxidation sites excluding steroid dienone is 6. The molecule has 0 bridgehead atoms. The average Bonchev–Trinajstić information content (AvgIpc) is 2.77. The average molecular weight is 450 g/mol. The zero-order valence-corrected chi connectivity index (χ0v) is 19.4. The van der Waals surface area contributed by atoms with E-state index in [0.717, 1.165) is 60.7 Å². The van der Waals surface area contributed by atoms with Crippen LogP contribution < -0.4 is 27.8 Å². The molecule has 3 heterocycles. The Bertz CT molecular complexity index is 983. The summed E-state index contributed by atoms with van der Waals surface area (Å²) in [7, 11) is 0. The summed E-state index contributed by atoms with van der Waals surface area (Å²) >= 11 is 0. The molecule has 176 valence electrons. The highest BCUT2D eigenvalue weighted by Gasteiger charge is 2.21. The van der Waals surface area contributed by atoms with Gasteiger partial charge in [-0.05, 0) is 42.2 Å². The molecule has 0 aromatic rings. The summed E-state index contributed by atoms with van der Waals surface area (Å²) in [6.07, 6.45) is 15.1. The predicted octanol–water partition coefficient (Wildman–Crippen LogP) is 1.22. The molecule has 1 fully saturated rings. The van der Waals surface area contributed by atoms with Gasteiger partial charge in [0.15, 0.2) is 0 Å². The van der Waals surface area contributed by atoms with E-state index in [-0.39, 0.29) is 5.92 Å². The number of nitrogens with two attached hydrogens (primary N) is 3. The molecule has 3 rings (SSSR count). The number of likely N-dealkylation sites (tertiary alicyclic amines) is 1. The number of nitrogens with zero attached hydrogens (tertiary/aromatic N) is 3. The van der Waals surface area contributed by atoms with Gasteiger partial charge in [0, 0.05) is 68.2 Å². The van der Waals surface area contributed by atoms with Crippen molar-refractivity contribution < 1.29 is 0 Å². The molecule has 0 aromatic carbocycles. The molecule has 0 unspecified atom stereocenters. The maximum Gasteiger partial charge on any atom is 0.132 e. The Morgan fingerprint density at radius 3 is 2.76 bits per heavy atom. The second-order valence-electron chi connectivity index (χ2n) is 8.57. The highest BCUT2D eigenvalue weighted by atomic mass is 15.2. The van der Waals surface area contributed by atoms with Crippen molar-refractivity contribution in [3.05, 3.63) is 70.6 Å². The van der Waals surface area contributed by atoms with Crippen molar-refractivity contribution in [1.29, 1.82) is 5.41 Å². The van der Waals surface area contributed by atoms with Gasteiger partial charge in [-0.3, -0.25) is 4.99 Å². The number of hydrogen-bond donors (Lipinski definition) is 6. The van der Waals surface area contributed by atoms with Gasteiger partial charge >= 0.3 is 0 Å². The van der Waals surface area contributed by atoms with Crippen molar-refractivity contribution >= 4 is 18.3 Å². The summed E-state index contributed by atoms with van der Waals surface area (Å²) in [6, 6.07) is 0.333. The number of hydrogen-bond acceptors (Lipinski definition) is 8. The number of amidine groups is 1. The van der Waals surface area contributed by atoms with Crippen LogP contribution in [-0.4, -0.2) is 55.4 Å². The molecule has 3 aliphatic heterocycles. The van der Waals surface area contributed by atoms with Gasteiger partial charge in [0.25, 0.3) is 0 Å². The van der Waals surface area contributed by atoms with E-state index in [1.807, 2.05) is 44.5 Å². The molecule has 0 amide bonds. The smallest absolute Gasteiger partial charge is 0.132 e. The van der Waals surface area contributed by atoms with Gasteiger partial charge in [0.2, 0.25) is 0 Å². The van der Waals surface area contributed by atoms with Crippen molar-refractivity contribution in [2.45, 2.75) is 26.3 Å². The molecular formula is C24H35N9. The zero-order chi connectivity index (χ0) is 23.8. The molecule has 0 aliphatic carbocycles. The van der Waals surface area contributed by atoms with Gasteiger partial charge in [-0.1, -0.05) is 13.8 Å². The van der Waals surface area contributed by atoms with Crippen molar-refractivity contribution in [2.75, 3.05) is 26.2 Å². The van der Waals surface area contributed by atoms with E-state index in [0.29, 0.717) is 17.7 Å². The zero-order valence-electron chi connectivity index (χ0n) is 19.4. The van der Waals surface area contributed by atoms with Crippen LogP contribution in [0.3, 0.4) is 0 Å². The minimum Gasteiger partial charge on any atom is -0.404 e. The number of dihydropyridines is 2. The maximum absolute atomic E-state index is 7.51. The number of fused-ring (bicyclic) bond motifs is 1. The number of nitrogens with one attached hydrogen (secondary N) is 3. The molecule has 0 atom stereocenters. The predicted molar refractivity (Wildman–Crippen MR) is 137 cm³/mol. The molecule has 9 nitrogen and oxygen atoms in total. The Hall–Kier alpha value is -3.43. The molecule has 9 heteroatoms. The van der Waals surface area contributed by atoms with Crippen LogP contribution in [0.25, 0.3) is 0 Å². The van der Waals surface area contributed by atoms with Crippen molar-refractivity contribution in [2.24, 2.45) is 33.1 Å². The van der Waals surface area contributed by atoms with Crippen LogP contribution >= 0.6 is 0 Å². The molecule has 3 aliphatic rings. The summed E-state index contributed by atoms with van der Waals surface area (Å²) in [6.45, 7) is 7.75. The van der Waals surface area contributed by atoms with Crippen LogP contribution in [0.15, 0.2) is 80.6 Å². The monoisotopic (exact) mass is 449 g/mol. The Kier molecular flexibility index (Phi) is 8.39. The molecule has 0 saturated carbocycles. The third-order valence-electron chi connectivity index (χ3n) is 5.53. The summed E-state index contributed by atoms with van der Waals surface area (Å²) in [5.74, 6) is 1.16. The molecule has 0 radical (unpaired) electrons. The van der Waals surface area contributed by atoms with Crippen molar-refractivity contribution in [1.82, 2.24) is 15.5 Å². The fourth-order valence-electron chi connectivity index (χ4n) is 3.60. The molecule has 1 saturated heterocycles. The fraction of sp³-hybridized carbons (Fsp3) is 0.375. The van der Waals surface area contributed by atoms with E-state index in [1.165, 1.54) is 6.21 Å². The first-order valence-corrected chi connectivity index (χ1v) is 11.2. The molecule has 0 aromatic heterocycles. The Morgan fingerprint density at radius 1 is 1.30 bits per heavy atom. The third kappa shape index (κ3) is 6.77. The minimum atomic E-state index is 0.200. The highest BCUT2D eigenvalue weighted by molar-refractivity contribution is 5.97. The fourth-order valence-corrected chi connectivity index (χ4v) is 3.60. The topological polar surface area (TPSA) is 154 Å². The van der Waals surface area contributed by atoms with Gasteiger partial charge in [-0.2, -0.15) is 0 Å². The van der Waals surface area contributed by atoms with Crippen LogP contribution in [-0.2, 0) is 0 Å². The van der Waals surface area contributed by atoms with Gasteiger partial charge in [0.05, 0.1) is 11.4 Å². The maximum atomic E-state index is 7.51. The lowest BCUT2D eigenvalue weighted by atomic mass is 10.0. The Labute approximate surface area is 195 Å². The highest BCUT2D eigenvalue weighted by Crippen LogP contribution is 2.22. The minimum absolute atomic E-state index is 0.200. The van der Waals surface area contributed by atoms with Gasteiger partial charge in [0.1, 0.15) is 11.7 Å². The normalized spacial score (nSPS) is 20.3. The van der Waals surface area contributed by atoms with E-state index < -0.39 is 0 Å². The van der Waals surface area contributed by atoms with Crippen LogP contribution in [0.1, 0.15) is 20.3 Å². The first-order valence-electron chi connectivity index (χ1n) is 11.2. The van der Waals surface area contributed by atoms with Crippen LogP contribution in [0.2, 0.25) is 0 Å². The molecule has 33 heavy (non-hydrogen) atoms. The number of aliphatic imine (C=N–C) groups is 2. The van der Waals surface area contributed by atoms with E-state index in [9.17, 15) is 0 Å². The van der Waals surface area contributed by atoms with Gasteiger partial charge < -0.3 is 38.1 Å². The first-order chi connectivity index (χ1) is 15.9. The lowest BCUT2D eigenvalue weighted by molar-refractivity contribution is 0.150. The Balaban J connectivity index is 1.60. The summed E-state index contributed by atoms with van der Waals surface area (Å²) in [5, 5.41) is 14.1. The van der Waals surface area contributed by atoms with Crippen LogP contribution in [0.5, 0.6) is 0 Å². The Morgan fingerprint density at radius 2 is 2.09 bits per heavy atom. The summed E-state index contributed by atoms with van der Waals surface area (Å²) in [5.41, 5.74) is 22.1. The summed E-state index contributed by atoms with van der Waals surface area (Å²) < 4.78 is 0. The summed E-state index contributed by atoms with van der Waals surface area (Å²) in [4.78, 5) is 11.3. The van der Waals surface area contributed by atoms with Crippen molar-refractivity contribution in [3.8, 4) is 0 Å². The van der Waals surface area contributed by atoms with Crippen molar-refractivity contribution in [3.63, 3.8) is 0 Å². The lowest BCUT2D eigenvalue weighted by Gasteiger charge is -2.36. The quantitative estimate of drug-likeness (QED) is 0.167.